The molecule has 3 rings (SSSR count). The maximum absolute atomic E-state index is 12.6. The Morgan fingerprint density at radius 3 is 2.81 bits per heavy atom. The van der Waals surface area contributed by atoms with Crippen molar-refractivity contribution in [1.82, 2.24) is 10.2 Å². The molecule has 5 nitrogen and oxygen atoms in total. The fraction of sp³-hybridized carbons (Fsp3) is 0.562. The van der Waals surface area contributed by atoms with Gasteiger partial charge >= 0.3 is 0 Å². The van der Waals surface area contributed by atoms with Crippen molar-refractivity contribution in [2.24, 2.45) is 0 Å². The van der Waals surface area contributed by atoms with Crippen LogP contribution in [-0.4, -0.2) is 56.2 Å². The van der Waals surface area contributed by atoms with Gasteiger partial charge in [0.15, 0.2) is 0 Å². The Labute approximate surface area is 125 Å². The van der Waals surface area contributed by atoms with Gasteiger partial charge in [0, 0.05) is 38.4 Å². The van der Waals surface area contributed by atoms with Crippen LogP contribution in [0, 0.1) is 0 Å². The van der Waals surface area contributed by atoms with E-state index in [9.17, 15) is 4.79 Å². The van der Waals surface area contributed by atoms with Gasteiger partial charge in [0.05, 0.1) is 19.3 Å². The van der Waals surface area contributed by atoms with E-state index in [4.69, 9.17) is 4.74 Å². The molecular weight excluding hydrogens is 266 g/mol. The molecule has 1 saturated heterocycles. The summed E-state index contributed by atoms with van der Waals surface area (Å²) in [7, 11) is 0. The molecule has 0 saturated carbocycles. The van der Waals surface area contributed by atoms with E-state index in [0.717, 1.165) is 51.6 Å². The highest BCUT2D eigenvalue weighted by atomic mass is 16.5. The summed E-state index contributed by atoms with van der Waals surface area (Å²) in [4.78, 5) is 16.9. The van der Waals surface area contributed by atoms with Gasteiger partial charge in [-0.3, -0.25) is 9.69 Å². The second-order valence-electron chi connectivity index (χ2n) is 5.68. The standard InChI is InChI=1S/C16H23N3O2/c1-13-16(20)19(7-6-18-8-10-21-11-9-18)15-5-3-2-4-14(15)12-17-13/h2-5,13,17H,6-12H2,1H3. The van der Waals surface area contributed by atoms with Crippen LogP contribution in [0.4, 0.5) is 5.69 Å². The van der Waals surface area contributed by atoms with E-state index >= 15 is 0 Å². The average molecular weight is 289 g/mol. The number of morpholine rings is 1. The summed E-state index contributed by atoms with van der Waals surface area (Å²) >= 11 is 0. The summed E-state index contributed by atoms with van der Waals surface area (Å²) in [5.41, 5.74) is 2.24. The third kappa shape index (κ3) is 3.26. The number of ether oxygens (including phenoxy) is 1. The zero-order chi connectivity index (χ0) is 14.7. The number of benzene rings is 1. The van der Waals surface area contributed by atoms with Gasteiger partial charge in [-0.1, -0.05) is 18.2 Å². The fourth-order valence-electron chi connectivity index (χ4n) is 2.92. The molecule has 1 N–H and O–H groups in total. The SMILES string of the molecule is CC1NCc2ccccc2N(CCN2CCOCC2)C1=O. The number of anilines is 1. The second-order valence-corrected chi connectivity index (χ2v) is 5.68. The van der Waals surface area contributed by atoms with Crippen molar-refractivity contribution >= 4 is 11.6 Å². The van der Waals surface area contributed by atoms with Gasteiger partial charge in [-0.25, -0.2) is 0 Å². The molecule has 0 aliphatic carbocycles. The highest BCUT2D eigenvalue weighted by molar-refractivity contribution is 5.98. The third-order valence-corrected chi connectivity index (χ3v) is 4.26. The topological polar surface area (TPSA) is 44.8 Å². The minimum Gasteiger partial charge on any atom is -0.379 e. The van der Waals surface area contributed by atoms with Gasteiger partial charge in [-0.2, -0.15) is 0 Å². The fourth-order valence-corrected chi connectivity index (χ4v) is 2.92. The predicted molar refractivity (Wildman–Crippen MR) is 82.4 cm³/mol. The molecule has 0 spiro atoms. The molecule has 2 aliphatic heterocycles. The molecule has 0 bridgehead atoms. The highest BCUT2D eigenvalue weighted by Gasteiger charge is 2.27. The molecule has 0 aromatic heterocycles. The van der Waals surface area contributed by atoms with E-state index in [1.54, 1.807) is 0 Å². The normalized spacial score (nSPS) is 23.8. The molecule has 1 unspecified atom stereocenters. The molecule has 2 aliphatic rings. The Morgan fingerprint density at radius 1 is 1.24 bits per heavy atom. The lowest BCUT2D eigenvalue weighted by Gasteiger charge is -2.30. The number of fused-ring (bicyclic) bond motifs is 1. The van der Waals surface area contributed by atoms with Crippen LogP contribution in [0.25, 0.3) is 0 Å². The average Bonchev–Trinajstić information content (AvgIpc) is 2.65. The first kappa shape index (κ1) is 14.5. The third-order valence-electron chi connectivity index (χ3n) is 4.26. The minimum absolute atomic E-state index is 0.137. The maximum atomic E-state index is 12.6. The lowest BCUT2D eigenvalue weighted by atomic mass is 10.1. The zero-order valence-corrected chi connectivity index (χ0v) is 12.5. The number of nitrogens with one attached hydrogen (secondary N) is 1. The van der Waals surface area contributed by atoms with Crippen LogP contribution in [0.1, 0.15) is 12.5 Å². The summed E-state index contributed by atoms with van der Waals surface area (Å²) in [6.07, 6.45) is 0. The zero-order valence-electron chi connectivity index (χ0n) is 12.5. The molecule has 5 heteroatoms. The number of hydrogen-bond acceptors (Lipinski definition) is 4. The number of rotatable bonds is 3. The van der Waals surface area contributed by atoms with E-state index in [1.807, 2.05) is 30.0 Å². The van der Waals surface area contributed by atoms with Crippen molar-refractivity contribution < 1.29 is 9.53 Å². The van der Waals surface area contributed by atoms with Crippen molar-refractivity contribution in [3.8, 4) is 0 Å². The summed E-state index contributed by atoms with van der Waals surface area (Å²) in [5, 5.41) is 3.29. The first-order valence-corrected chi connectivity index (χ1v) is 7.68. The van der Waals surface area contributed by atoms with Gasteiger partial charge in [-0.15, -0.1) is 0 Å². The summed E-state index contributed by atoms with van der Waals surface area (Å²) in [6.45, 7) is 7.82. The number of carbonyl (C=O) groups excluding carboxylic acids is 1. The number of nitrogens with zero attached hydrogens (tertiary/aromatic N) is 2. The first-order chi connectivity index (χ1) is 10.3. The van der Waals surface area contributed by atoms with Crippen LogP contribution in [0.2, 0.25) is 0 Å². The van der Waals surface area contributed by atoms with Crippen LogP contribution < -0.4 is 10.2 Å². The molecule has 1 amide bonds. The molecule has 114 valence electrons. The number of carbonyl (C=O) groups is 1. The van der Waals surface area contributed by atoms with Crippen LogP contribution in [0.3, 0.4) is 0 Å². The monoisotopic (exact) mass is 289 g/mol. The Hall–Kier alpha value is -1.43. The van der Waals surface area contributed by atoms with Crippen molar-refractivity contribution in [1.29, 1.82) is 0 Å². The Kier molecular flexibility index (Phi) is 4.53. The first-order valence-electron chi connectivity index (χ1n) is 7.68. The molecular formula is C16H23N3O2. The van der Waals surface area contributed by atoms with E-state index in [1.165, 1.54) is 5.56 Å². The van der Waals surface area contributed by atoms with Gasteiger partial charge in [0.2, 0.25) is 5.91 Å². The Morgan fingerprint density at radius 2 is 2.00 bits per heavy atom. The predicted octanol–water partition coefficient (Wildman–Crippen LogP) is 0.844. The molecule has 0 radical (unpaired) electrons. The van der Waals surface area contributed by atoms with Crippen LogP contribution in [0.15, 0.2) is 24.3 Å². The van der Waals surface area contributed by atoms with E-state index in [0.29, 0.717) is 0 Å². The largest absolute Gasteiger partial charge is 0.379 e. The summed E-state index contributed by atoms with van der Waals surface area (Å²) < 4.78 is 5.37. The molecule has 1 atom stereocenters. The van der Waals surface area contributed by atoms with Crippen LogP contribution >= 0.6 is 0 Å². The lowest BCUT2D eigenvalue weighted by molar-refractivity contribution is -0.120. The molecule has 1 fully saturated rings. The maximum Gasteiger partial charge on any atom is 0.243 e. The van der Waals surface area contributed by atoms with Crippen LogP contribution in [-0.2, 0) is 16.1 Å². The molecule has 1 aromatic rings. The molecule has 2 heterocycles. The number of hydrogen-bond donors (Lipinski definition) is 1. The van der Waals surface area contributed by atoms with E-state index in [-0.39, 0.29) is 11.9 Å². The molecule has 1 aromatic carbocycles. The van der Waals surface area contributed by atoms with E-state index in [2.05, 4.69) is 16.3 Å². The van der Waals surface area contributed by atoms with E-state index < -0.39 is 0 Å². The van der Waals surface area contributed by atoms with Crippen molar-refractivity contribution in [3.05, 3.63) is 29.8 Å². The number of para-hydroxylation sites is 1. The van der Waals surface area contributed by atoms with Gasteiger partial charge < -0.3 is 15.0 Å². The Balaban J connectivity index is 1.75. The quantitative estimate of drug-likeness (QED) is 0.896. The second kappa shape index (κ2) is 6.56. The van der Waals surface area contributed by atoms with Gasteiger partial charge in [0.25, 0.3) is 0 Å². The number of amides is 1. The minimum atomic E-state index is -0.137. The van der Waals surface area contributed by atoms with Gasteiger partial charge in [0.1, 0.15) is 0 Å². The van der Waals surface area contributed by atoms with Crippen molar-refractivity contribution in [3.63, 3.8) is 0 Å². The highest BCUT2D eigenvalue weighted by Crippen LogP contribution is 2.23. The Bertz CT molecular complexity index is 500. The lowest BCUT2D eigenvalue weighted by Crippen LogP contribution is -2.47. The van der Waals surface area contributed by atoms with Crippen molar-refractivity contribution in [2.75, 3.05) is 44.3 Å². The van der Waals surface area contributed by atoms with Crippen LogP contribution in [0.5, 0.6) is 0 Å². The van der Waals surface area contributed by atoms with Gasteiger partial charge in [-0.05, 0) is 18.6 Å². The smallest absolute Gasteiger partial charge is 0.243 e. The summed E-state index contributed by atoms with van der Waals surface area (Å²) in [6, 6.07) is 8.04. The van der Waals surface area contributed by atoms with Crippen molar-refractivity contribution in [2.45, 2.75) is 19.5 Å². The summed E-state index contributed by atoms with van der Waals surface area (Å²) in [5.74, 6) is 0.160. The molecule has 21 heavy (non-hydrogen) atoms.